The molecule has 2 aromatic rings. The van der Waals surface area contributed by atoms with Crippen LogP contribution in [0.15, 0.2) is 55.1 Å². The predicted octanol–water partition coefficient (Wildman–Crippen LogP) is 4.13. The lowest BCUT2D eigenvalue weighted by Crippen LogP contribution is -2.35. The van der Waals surface area contributed by atoms with Gasteiger partial charge in [-0.1, -0.05) is 55.1 Å². The smallest absolute Gasteiger partial charge is 0.256 e. The fraction of sp³-hybridized carbons (Fsp3) is 0.263. The van der Waals surface area contributed by atoms with Gasteiger partial charge in [0.15, 0.2) is 8.32 Å². The van der Waals surface area contributed by atoms with Crippen molar-refractivity contribution in [3.05, 3.63) is 66.2 Å². The van der Waals surface area contributed by atoms with Gasteiger partial charge in [-0.15, -0.1) is 0 Å². The zero-order valence-electron chi connectivity index (χ0n) is 13.9. The van der Waals surface area contributed by atoms with Gasteiger partial charge in [-0.2, -0.15) is 0 Å². The Balaban J connectivity index is 1.79. The Bertz CT molecular complexity index is 636. The Labute approximate surface area is 142 Å². The van der Waals surface area contributed by atoms with E-state index >= 15 is 0 Å². The van der Waals surface area contributed by atoms with Gasteiger partial charge in [0.2, 0.25) is 0 Å². The summed E-state index contributed by atoms with van der Waals surface area (Å²) in [4.78, 5) is 0. The third kappa shape index (κ3) is 5.82. The number of phenols is 1. The van der Waals surface area contributed by atoms with E-state index in [1.54, 1.807) is 6.07 Å². The molecule has 4 heteroatoms. The summed E-state index contributed by atoms with van der Waals surface area (Å²) in [5, 5.41) is 11.0. The van der Waals surface area contributed by atoms with Gasteiger partial charge in [0.1, 0.15) is 5.75 Å². The minimum atomic E-state index is -1.67. The predicted molar refractivity (Wildman–Crippen MR) is 102 cm³/mol. The first-order chi connectivity index (χ1) is 11.0. The second-order valence-electron chi connectivity index (χ2n) is 6.27. The summed E-state index contributed by atoms with van der Waals surface area (Å²) >= 11 is 0. The van der Waals surface area contributed by atoms with Gasteiger partial charge in [-0.3, -0.25) is 0 Å². The van der Waals surface area contributed by atoms with Crippen LogP contribution in [0, 0.1) is 0 Å². The Morgan fingerprint density at radius 1 is 1.13 bits per heavy atom. The number of rotatable bonds is 8. The molecule has 0 amide bonds. The lowest BCUT2D eigenvalue weighted by atomic mass is 10.1. The maximum Gasteiger partial charge on any atom is 0.256 e. The van der Waals surface area contributed by atoms with Gasteiger partial charge in [0.25, 0.3) is 9.76 Å². The summed E-state index contributed by atoms with van der Waals surface area (Å²) < 4.78 is 6.24. The number of phenolic OH excluding ortho intramolecular Hbond substituents is 1. The fourth-order valence-electron chi connectivity index (χ4n) is 2.36. The standard InChI is InChI=1S/C19H24O2Si2/c1-4-16-11-13-18(14-12-16)22-21-23(2,3)15-7-9-17-8-5-6-10-19(17)20/h4-6,8,10-14,20H,1,7,9,15H2,2-3H3. The summed E-state index contributed by atoms with van der Waals surface area (Å²) in [6, 6.07) is 17.1. The lowest BCUT2D eigenvalue weighted by molar-refractivity contribution is 0.467. The largest absolute Gasteiger partial charge is 0.508 e. The first-order valence-corrected chi connectivity index (χ1v) is 12.0. The summed E-state index contributed by atoms with van der Waals surface area (Å²) in [6.07, 6.45) is 3.81. The molecule has 0 aliphatic carbocycles. The molecule has 0 saturated heterocycles. The summed E-state index contributed by atoms with van der Waals surface area (Å²) in [6.45, 7) is 8.30. The van der Waals surface area contributed by atoms with Crippen LogP contribution in [0.1, 0.15) is 17.5 Å². The van der Waals surface area contributed by atoms with Crippen molar-refractivity contribution in [2.45, 2.75) is 32.0 Å². The Morgan fingerprint density at radius 3 is 2.48 bits per heavy atom. The van der Waals surface area contributed by atoms with Crippen molar-refractivity contribution in [3.8, 4) is 5.75 Å². The second-order valence-corrected chi connectivity index (χ2v) is 11.9. The molecule has 23 heavy (non-hydrogen) atoms. The summed E-state index contributed by atoms with van der Waals surface area (Å²) in [5.41, 5.74) is 2.16. The molecule has 2 radical (unpaired) electrons. The van der Waals surface area contributed by atoms with Crippen molar-refractivity contribution in [1.29, 1.82) is 0 Å². The maximum atomic E-state index is 9.81. The number of aryl methyl sites for hydroxylation is 1. The Kier molecular flexibility index (Phi) is 6.39. The molecule has 0 aliphatic rings. The van der Waals surface area contributed by atoms with Crippen LogP contribution in [0.2, 0.25) is 19.1 Å². The molecule has 0 bridgehead atoms. The molecule has 2 aromatic carbocycles. The summed E-state index contributed by atoms with van der Waals surface area (Å²) in [7, 11) is -1.26. The van der Waals surface area contributed by atoms with Gasteiger partial charge in [-0.05, 0) is 54.4 Å². The van der Waals surface area contributed by atoms with E-state index in [1.165, 1.54) is 5.19 Å². The molecule has 0 fully saturated rings. The van der Waals surface area contributed by atoms with Crippen LogP contribution in [-0.2, 0) is 10.5 Å². The molecule has 0 heterocycles. The lowest BCUT2D eigenvalue weighted by Gasteiger charge is -2.23. The van der Waals surface area contributed by atoms with E-state index < -0.39 is 8.32 Å². The third-order valence-electron chi connectivity index (χ3n) is 3.81. The SMILES string of the molecule is C=Cc1ccc([Si]O[Si](C)(C)CCCc2ccccc2O)cc1. The van der Waals surface area contributed by atoms with Crippen molar-refractivity contribution in [2.75, 3.05) is 0 Å². The van der Waals surface area contributed by atoms with E-state index in [-0.39, 0.29) is 0 Å². The number of aromatic hydroxyl groups is 1. The van der Waals surface area contributed by atoms with Crippen molar-refractivity contribution in [1.82, 2.24) is 0 Å². The average Bonchev–Trinajstić information content (AvgIpc) is 2.55. The summed E-state index contributed by atoms with van der Waals surface area (Å²) in [5.74, 6) is 0.400. The second kappa shape index (κ2) is 8.29. The monoisotopic (exact) mass is 340 g/mol. The van der Waals surface area contributed by atoms with Crippen LogP contribution in [0.4, 0.5) is 0 Å². The molecule has 2 nitrogen and oxygen atoms in total. The highest BCUT2D eigenvalue weighted by Crippen LogP contribution is 2.21. The van der Waals surface area contributed by atoms with E-state index in [4.69, 9.17) is 4.12 Å². The molecule has 0 spiro atoms. The highest BCUT2D eigenvalue weighted by molar-refractivity contribution is 6.76. The van der Waals surface area contributed by atoms with E-state index in [9.17, 15) is 5.11 Å². The van der Waals surface area contributed by atoms with Crippen LogP contribution in [0.3, 0.4) is 0 Å². The first kappa shape index (κ1) is 17.7. The molecule has 2 rings (SSSR count). The normalized spacial score (nSPS) is 11.4. The van der Waals surface area contributed by atoms with Crippen LogP contribution in [0.5, 0.6) is 5.75 Å². The van der Waals surface area contributed by atoms with Crippen LogP contribution in [0.25, 0.3) is 6.08 Å². The Morgan fingerprint density at radius 2 is 1.83 bits per heavy atom. The van der Waals surface area contributed by atoms with Crippen LogP contribution >= 0.6 is 0 Å². The van der Waals surface area contributed by atoms with Gasteiger partial charge >= 0.3 is 0 Å². The third-order valence-corrected chi connectivity index (χ3v) is 8.55. The molecule has 1 N–H and O–H groups in total. The molecule has 0 atom stereocenters. The minimum Gasteiger partial charge on any atom is -0.508 e. The highest BCUT2D eigenvalue weighted by Gasteiger charge is 2.22. The zero-order valence-corrected chi connectivity index (χ0v) is 15.9. The van der Waals surface area contributed by atoms with Gasteiger partial charge < -0.3 is 9.22 Å². The van der Waals surface area contributed by atoms with Crippen molar-refractivity contribution in [2.24, 2.45) is 0 Å². The molecular formula is C19H24O2Si2. The van der Waals surface area contributed by atoms with E-state index in [0.29, 0.717) is 15.5 Å². The molecule has 0 unspecified atom stereocenters. The highest BCUT2D eigenvalue weighted by atomic mass is 28.4. The van der Waals surface area contributed by atoms with E-state index in [1.807, 2.05) is 24.3 Å². The Hall–Kier alpha value is -1.63. The van der Waals surface area contributed by atoms with Gasteiger partial charge in [-0.25, -0.2) is 0 Å². The number of hydrogen-bond acceptors (Lipinski definition) is 2. The number of benzene rings is 2. The molecule has 0 aromatic heterocycles. The van der Waals surface area contributed by atoms with E-state index in [2.05, 4.69) is 43.9 Å². The fourth-order valence-corrected chi connectivity index (χ4v) is 5.68. The van der Waals surface area contributed by atoms with Crippen LogP contribution in [-0.4, -0.2) is 23.2 Å². The molecule has 0 aliphatic heterocycles. The maximum absolute atomic E-state index is 9.81. The molecule has 120 valence electrons. The topological polar surface area (TPSA) is 29.5 Å². The van der Waals surface area contributed by atoms with Crippen molar-refractivity contribution < 1.29 is 9.22 Å². The van der Waals surface area contributed by atoms with Crippen molar-refractivity contribution in [3.63, 3.8) is 0 Å². The quantitative estimate of drug-likeness (QED) is 0.732. The number of hydrogen-bond donors (Lipinski definition) is 1. The number of para-hydroxylation sites is 1. The average molecular weight is 341 g/mol. The minimum absolute atomic E-state index is 0.400. The first-order valence-electron chi connectivity index (χ1n) is 7.93. The van der Waals surface area contributed by atoms with Gasteiger partial charge in [0, 0.05) is 0 Å². The van der Waals surface area contributed by atoms with Crippen LogP contribution < -0.4 is 5.19 Å². The zero-order chi connectivity index (χ0) is 16.7. The molecule has 0 saturated carbocycles. The van der Waals surface area contributed by atoms with Gasteiger partial charge in [0.05, 0.1) is 0 Å². The van der Waals surface area contributed by atoms with E-state index in [0.717, 1.165) is 30.0 Å². The van der Waals surface area contributed by atoms with Crippen molar-refractivity contribution >= 4 is 29.3 Å². The molecular weight excluding hydrogens is 316 g/mol.